The molecular weight excluding hydrogens is 198 g/mol. The summed E-state index contributed by atoms with van der Waals surface area (Å²) < 4.78 is 0. The van der Waals surface area contributed by atoms with E-state index in [1.807, 2.05) is 0 Å². The number of nitro benzene ring substituents is 1. The largest absolute Gasteiger partial charge is 0.396 e. The number of benzene rings is 1. The maximum absolute atomic E-state index is 10.5. The number of non-ortho nitro benzene ring substituents is 1. The SMILES string of the molecule is O=[N+]([O-])c1ccc(CCCO)c(CO)c1. The van der Waals surface area contributed by atoms with Gasteiger partial charge in [-0.15, -0.1) is 0 Å². The van der Waals surface area contributed by atoms with E-state index in [-0.39, 0.29) is 18.9 Å². The average molecular weight is 211 g/mol. The Balaban J connectivity index is 2.93. The normalized spacial score (nSPS) is 10.3. The molecule has 0 unspecified atom stereocenters. The summed E-state index contributed by atoms with van der Waals surface area (Å²) in [6.45, 7) is -0.149. The van der Waals surface area contributed by atoms with Crippen molar-refractivity contribution in [3.8, 4) is 0 Å². The predicted octanol–water partition coefficient (Wildman–Crippen LogP) is 1.01. The molecule has 5 nitrogen and oxygen atoms in total. The van der Waals surface area contributed by atoms with Crippen molar-refractivity contribution in [3.63, 3.8) is 0 Å². The quantitative estimate of drug-likeness (QED) is 0.562. The van der Waals surface area contributed by atoms with Crippen LogP contribution in [-0.2, 0) is 13.0 Å². The van der Waals surface area contributed by atoms with E-state index in [1.165, 1.54) is 12.1 Å². The summed E-state index contributed by atoms with van der Waals surface area (Å²) in [6, 6.07) is 4.40. The van der Waals surface area contributed by atoms with E-state index < -0.39 is 4.92 Å². The monoisotopic (exact) mass is 211 g/mol. The van der Waals surface area contributed by atoms with Crippen molar-refractivity contribution >= 4 is 5.69 Å². The standard InChI is InChI=1S/C10H13NO4/c12-5-1-2-8-3-4-10(11(14)15)6-9(8)7-13/h3-4,6,12-13H,1-2,5,7H2. The number of hydrogen-bond acceptors (Lipinski definition) is 4. The van der Waals surface area contributed by atoms with Crippen LogP contribution in [0.1, 0.15) is 17.5 Å². The van der Waals surface area contributed by atoms with Crippen molar-refractivity contribution in [2.24, 2.45) is 0 Å². The first-order valence-corrected chi connectivity index (χ1v) is 4.67. The van der Waals surface area contributed by atoms with Crippen LogP contribution < -0.4 is 0 Å². The summed E-state index contributed by atoms with van der Waals surface area (Å²) in [6.07, 6.45) is 1.20. The maximum Gasteiger partial charge on any atom is 0.269 e. The van der Waals surface area contributed by atoms with E-state index in [0.29, 0.717) is 18.4 Å². The van der Waals surface area contributed by atoms with Crippen LogP contribution in [0, 0.1) is 10.1 Å². The van der Waals surface area contributed by atoms with Crippen LogP contribution in [0.3, 0.4) is 0 Å². The number of rotatable bonds is 5. The highest BCUT2D eigenvalue weighted by Gasteiger charge is 2.09. The lowest BCUT2D eigenvalue weighted by atomic mass is 10.0. The molecule has 2 N–H and O–H groups in total. The molecule has 0 aliphatic heterocycles. The van der Waals surface area contributed by atoms with Gasteiger partial charge in [0.25, 0.3) is 5.69 Å². The number of aliphatic hydroxyl groups excluding tert-OH is 2. The Morgan fingerprint density at radius 1 is 1.27 bits per heavy atom. The fourth-order valence-electron chi connectivity index (χ4n) is 1.39. The molecule has 0 aliphatic carbocycles. The average Bonchev–Trinajstić information content (AvgIpc) is 2.25. The van der Waals surface area contributed by atoms with Crippen molar-refractivity contribution in [1.29, 1.82) is 0 Å². The summed E-state index contributed by atoms with van der Waals surface area (Å²) in [5, 5.41) is 28.2. The van der Waals surface area contributed by atoms with Crippen molar-refractivity contribution in [2.75, 3.05) is 6.61 Å². The second kappa shape index (κ2) is 5.43. The third kappa shape index (κ3) is 3.00. The zero-order valence-corrected chi connectivity index (χ0v) is 8.22. The molecule has 0 saturated heterocycles. The van der Waals surface area contributed by atoms with Crippen molar-refractivity contribution in [1.82, 2.24) is 0 Å². The van der Waals surface area contributed by atoms with E-state index in [1.54, 1.807) is 6.07 Å². The zero-order valence-electron chi connectivity index (χ0n) is 8.22. The highest BCUT2D eigenvalue weighted by molar-refractivity contribution is 5.39. The third-order valence-corrected chi connectivity index (χ3v) is 2.18. The first-order valence-electron chi connectivity index (χ1n) is 4.67. The van der Waals surface area contributed by atoms with Gasteiger partial charge in [0, 0.05) is 18.7 Å². The number of aryl methyl sites for hydroxylation is 1. The van der Waals surface area contributed by atoms with Crippen molar-refractivity contribution in [3.05, 3.63) is 39.4 Å². The lowest BCUT2D eigenvalue weighted by molar-refractivity contribution is -0.385. The van der Waals surface area contributed by atoms with Gasteiger partial charge in [-0.3, -0.25) is 10.1 Å². The van der Waals surface area contributed by atoms with Crippen LogP contribution in [0.5, 0.6) is 0 Å². The molecule has 5 heteroatoms. The Morgan fingerprint density at radius 3 is 2.53 bits per heavy atom. The molecule has 0 saturated carbocycles. The van der Waals surface area contributed by atoms with Crippen molar-refractivity contribution < 1.29 is 15.1 Å². The van der Waals surface area contributed by atoms with Crippen LogP contribution in [0.4, 0.5) is 5.69 Å². The molecule has 0 bridgehead atoms. The minimum absolute atomic E-state index is 0.0215. The molecule has 82 valence electrons. The lowest BCUT2D eigenvalue weighted by Crippen LogP contribution is -1.98. The fourth-order valence-corrected chi connectivity index (χ4v) is 1.39. The second-order valence-electron chi connectivity index (χ2n) is 3.20. The van der Waals surface area contributed by atoms with Crippen LogP contribution in [0.2, 0.25) is 0 Å². The summed E-state index contributed by atoms with van der Waals surface area (Å²) in [7, 11) is 0. The molecule has 0 amide bonds. The Labute approximate surface area is 87.1 Å². The van der Waals surface area contributed by atoms with Crippen LogP contribution in [-0.4, -0.2) is 21.7 Å². The number of nitro groups is 1. The summed E-state index contributed by atoms with van der Waals surface area (Å²) >= 11 is 0. The van der Waals surface area contributed by atoms with Gasteiger partial charge in [0.2, 0.25) is 0 Å². The molecule has 15 heavy (non-hydrogen) atoms. The molecule has 0 aliphatic rings. The van der Waals surface area contributed by atoms with Crippen molar-refractivity contribution in [2.45, 2.75) is 19.4 Å². The van der Waals surface area contributed by atoms with Gasteiger partial charge < -0.3 is 10.2 Å². The van der Waals surface area contributed by atoms with Gasteiger partial charge in [-0.25, -0.2) is 0 Å². The third-order valence-electron chi connectivity index (χ3n) is 2.18. The van der Waals surface area contributed by atoms with Gasteiger partial charge in [-0.05, 0) is 24.0 Å². The van der Waals surface area contributed by atoms with Crippen LogP contribution in [0.15, 0.2) is 18.2 Å². The number of aliphatic hydroxyl groups is 2. The van der Waals surface area contributed by atoms with E-state index in [4.69, 9.17) is 10.2 Å². The van der Waals surface area contributed by atoms with Gasteiger partial charge in [-0.2, -0.15) is 0 Å². The molecule has 1 rings (SSSR count). The van der Waals surface area contributed by atoms with Gasteiger partial charge >= 0.3 is 0 Å². The molecule has 0 spiro atoms. The second-order valence-corrected chi connectivity index (χ2v) is 3.20. The number of nitrogens with zero attached hydrogens (tertiary/aromatic N) is 1. The first-order chi connectivity index (χ1) is 7.19. The lowest BCUT2D eigenvalue weighted by Gasteiger charge is -2.05. The molecule has 0 fully saturated rings. The topological polar surface area (TPSA) is 83.6 Å². The highest BCUT2D eigenvalue weighted by Crippen LogP contribution is 2.19. The van der Waals surface area contributed by atoms with Gasteiger partial charge in [0.05, 0.1) is 11.5 Å². The summed E-state index contributed by atoms with van der Waals surface area (Å²) in [5.41, 5.74) is 1.38. The number of hydrogen-bond donors (Lipinski definition) is 2. The van der Waals surface area contributed by atoms with Gasteiger partial charge in [0.15, 0.2) is 0 Å². The molecule has 0 heterocycles. The Bertz CT molecular complexity index is 351. The maximum atomic E-state index is 10.5. The minimum atomic E-state index is -0.491. The van der Waals surface area contributed by atoms with Crippen LogP contribution in [0.25, 0.3) is 0 Å². The van der Waals surface area contributed by atoms with E-state index in [0.717, 1.165) is 5.56 Å². The molecule has 0 radical (unpaired) electrons. The van der Waals surface area contributed by atoms with E-state index in [9.17, 15) is 10.1 Å². The molecular formula is C10H13NO4. The molecule has 1 aromatic rings. The zero-order chi connectivity index (χ0) is 11.3. The fraction of sp³-hybridized carbons (Fsp3) is 0.400. The Kier molecular flexibility index (Phi) is 4.20. The molecule has 0 aromatic heterocycles. The summed E-state index contributed by atoms with van der Waals surface area (Å²) in [5.74, 6) is 0. The predicted molar refractivity (Wildman–Crippen MR) is 54.4 cm³/mol. The van der Waals surface area contributed by atoms with E-state index in [2.05, 4.69) is 0 Å². The minimum Gasteiger partial charge on any atom is -0.396 e. The smallest absolute Gasteiger partial charge is 0.269 e. The molecule has 1 aromatic carbocycles. The van der Waals surface area contributed by atoms with Gasteiger partial charge in [0.1, 0.15) is 0 Å². The van der Waals surface area contributed by atoms with Crippen LogP contribution >= 0.6 is 0 Å². The van der Waals surface area contributed by atoms with E-state index >= 15 is 0 Å². The Morgan fingerprint density at radius 2 is 2.00 bits per heavy atom. The summed E-state index contributed by atoms with van der Waals surface area (Å²) in [4.78, 5) is 9.99. The Hall–Kier alpha value is -1.46. The highest BCUT2D eigenvalue weighted by atomic mass is 16.6. The van der Waals surface area contributed by atoms with Gasteiger partial charge in [-0.1, -0.05) is 6.07 Å². The first kappa shape index (κ1) is 11.6. The molecule has 0 atom stereocenters.